The first-order chi connectivity index (χ1) is 9.24. The van der Waals surface area contributed by atoms with E-state index in [1.54, 1.807) is 0 Å². The molecule has 0 aromatic rings. The van der Waals surface area contributed by atoms with Gasteiger partial charge in [-0.2, -0.15) is 0 Å². The predicted octanol–water partition coefficient (Wildman–Crippen LogP) is 4.19. The van der Waals surface area contributed by atoms with Crippen LogP contribution in [0.1, 0.15) is 52.4 Å². The molecule has 0 N–H and O–H groups in total. The molecular weight excluding hydrogens is 326 g/mol. The molecule has 20 heavy (non-hydrogen) atoms. The molecule has 0 heterocycles. The Bertz CT molecular complexity index is 302. The molecule has 0 bridgehead atoms. The Kier molecular flexibility index (Phi) is 10.4. The van der Waals surface area contributed by atoms with Crippen molar-refractivity contribution in [3.05, 3.63) is 0 Å². The van der Waals surface area contributed by atoms with Gasteiger partial charge in [0.2, 0.25) is 3.79 Å². The fourth-order valence-corrected chi connectivity index (χ4v) is 1.63. The SMILES string of the molecule is CCCCCC(C)OC(=O)CCC(=O)OCC(Cl)(Cl)Cl. The van der Waals surface area contributed by atoms with Crippen molar-refractivity contribution in [3.63, 3.8) is 0 Å². The van der Waals surface area contributed by atoms with E-state index in [4.69, 9.17) is 44.3 Å². The number of halogens is 3. The molecule has 0 saturated heterocycles. The van der Waals surface area contributed by atoms with Crippen molar-refractivity contribution in [2.75, 3.05) is 6.61 Å². The Hall–Kier alpha value is -0.190. The molecule has 0 saturated carbocycles. The average molecular weight is 348 g/mol. The van der Waals surface area contributed by atoms with Crippen LogP contribution in [0.4, 0.5) is 0 Å². The molecule has 0 aliphatic carbocycles. The molecule has 0 aromatic heterocycles. The topological polar surface area (TPSA) is 52.6 Å². The maximum Gasteiger partial charge on any atom is 0.306 e. The van der Waals surface area contributed by atoms with Crippen LogP contribution >= 0.6 is 34.8 Å². The number of ether oxygens (including phenoxy) is 2. The molecule has 0 amide bonds. The lowest BCUT2D eigenvalue weighted by Gasteiger charge is -2.13. The van der Waals surface area contributed by atoms with Crippen LogP contribution in [0.2, 0.25) is 0 Å². The zero-order valence-electron chi connectivity index (χ0n) is 11.8. The second-order valence-electron chi connectivity index (χ2n) is 4.57. The van der Waals surface area contributed by atoms with Crippen molar-refractivity contribution >= 4 is 46.7 Å². The summed E-state index contributed by atoms with van der Waals surface area (Å²) in [7, 11) is 0. The average Bonchev–Trinajstić information content (AvgIpc) is 2.33. The third-order valence-electron chi connectivity index (χ3n) is 2.48. The van der Waals surface area contributed by atoms with Crippen molar-refractivity contribution < 1.29 is 19.1 Å². The fraction of sp³-hybridized carbons (Fsp3) is 0.846. The number of carbonyl (C=O) groups excluding carboxylic acids is 2. The minimum Gasteiger partial charge on any atom is -0.463 e. The van der Waals surface area contributed by atoms with Gasteiger partial charge in [0.15, 0.2) is 0 Å². The minimum atomic E-state index is -1.63. The monoisotopic (exact) mass is 346 g/mol. The Morgan fingerprint density at radius 2 is 1.70 bits per heavy atom. The van der Waals surface area contributed by atoms with E-state index in [1.807, 2.05) is 6.92 Å². The number of carbonyl (C=O) groups is 2. The Balaban J connectivity index is 3.73. The molecule has 1 unspecified atom stereocenters. The summed E-state index contributed by atoms with van der Waals surface area (Å²) in [5.41, 5.74) is 0. The molecular formula is C13H21Cl3O4. The van der Waals surface area contributed by atoms with Crippen LogP contribution in [-0.2, 0) is 19.1 Å². The van der Waals surface area contributed by atoms with Gasteiger partial charge in [0.25, 0.3) is 0 Å². The van der Waals surface area contributed by atoms with Crippen molar-refractivity contribution in [3.8, 4) is 0 Å². The molecule has 0 aliphatic rings. The van der Waals surface area contributed by atoms with Crippen molar-refractivity contribution in [2.45, 2.75) is 62.3 Å². The molecule has 1 atom stereocenters. The lowest BCUT2D eigenvalue weighted by molar-refractivity contribution is -0.153. The van der Waals surface area contributed by atoms with Gasteiger partial charge in [0.1, 0.15) is 6.61 Å². The number of rotatable bonds is 9. The molecule has 118 valence electrons. The number of hydrogen-bond donors (Lipinski definition) is 0. The van der Waals surface area contributed by atoms with Gasteiger partial charge in [-0.1, -0.05) is 54.6 Å². The van der Waals surface area contributed by atoms with Gasteiger partial charge >= 0.3 is 11.9 Å². The second-order valence-corrected chi connectivity index (χ2v) is 7.09. The van der Waals surface area contributed by atoms with E-state index in [0.29, 0.717) is 0 Å². The van der Waals surface area contributed by atoms with Crippen LogP contribution in [0.25, 0.3) is 0 Å². The third-order valence-corrected chi connectivity index (χ3v) is 2.80. The van der Waals surface area contributed by atoms with Gasteiger partial charge in [-0.15, -0.1) is 0 Å². The first-order valence-electron chi connectivity index (χ1n) is 6.66. The van der Waals surface area contributed by atoms with E-state index in [-0.39, 0.29) is 25.6 Å². The molecule has 0 aromatic carbocycles. The number of unbranched alkanes of at least 4 members (excludes halogenated alkanes) is 2. The summed E-state index contributed by atoms with van der Waals surface area (Å²) in [6, 6.07) is 0. The van der Waals surface area contributed by atoms with E-state index in [1.165, 1.54) is 0 Å². The molecule has 0 rings (SSSR count). The van der Waals surface area contributed by atoms with Gasteiger partial charge in [-0.3, -0.25) is 9.59 Å². The highest BCUT2D eigenvalue weighted by Gasteiger charge is 2.22. The third kappa shape index (κ3) is 12.8. The van der Waals surface area contributed by atoms with Crippen LogP contribution in [-0.4, -0.2) is 28.4 Å². The first-order valence-corrected chi connectivity index (χ1v) is 7.80. The van der Waals surface area contributed by atoms with E-state index in [0.717, 1.165) is 25.7 Å². The van der Waals surface area contributed by atoms with Crippen LogP contribution < -0.4 is 0 Å². The zero-order chi connectivity index (χ0) is 15.6. The molecule has 0 radical (unpaired) electrons. The van der Waals surface area contributed by atoms with Crippen molar-refractivity contribution in [1.29, 1.82) is 0 Å². The molecule has 0 aliphatic heterocycles. The van der Waals surface area contributed by atoms with Gasteiger partial charge in [0.05, 0.1) is 18.9 Å². The Labute approximate surface area is 135 Å². The minimum absolute atomic E-state index is 0.0309. The lowest BCUT2D eigenvalue weighted by Crippen LogP contribution is -2.19. The van der Waals surface area contributed by atoms with Gasteiger partial charge in [0, 0.05) is 0 Å². The summed E-state index contributed by atoms with van der Waals surface area (Å²) in [6.45, 7) is 3.62. The van der Waals surface area contributed by atoms with E-state index in [2.05, 4.69) is 6.92 Å². The largest absolute Gasteiger partial charge is 0.463 e. The van der Waals surface area contributed by atoms with E-state index < -0.39 is 15.7 Å². The highest BCUT2D eigenvalue weighted by Crippen LogP contribution is 2.26. The highest BCUT2D eigenvalue weighted by molar-refractivity contribution is 6.67. The van der Waals surface area contributed by atoms with Crippen LogP contribution in [0.5, 0.6) is 0 Å². The molecule has 4 nitrogen and oxygen atoms in total. The summed E-state index contributed by atoms with van der Waals surface area (Å²) in [5.74, 6) is -1.01. The van der Waals surface area contributed by atoms with Crippen LogP contribution in [0, 0.1) is 0 Å². The van der Waals surface area contributed by atoms with Gasteiger partial charge < -0.3 is 9.47 Å². The summed E-state index contributed by atoms with van der Waals surface area (Å²) in [6.07, 6.45) is 3.85. The summed E-state index contributed by atoms with van der Waals surface area (Å²) >= 11 is 16.3. The summed E-state index contributed by atoms with van der Waals surface area (Å²) in [5, 5.41) is 0. The fourth-order valence-electron chi connectivity index (χ4n) is 1.46. The standard InChI is InChI=1S/C13H21Cl3O4/c1-3-4-5-6-10(2)20-12(18)8-7-11(17)19-9-13(14,15)16/h10H,3-9H2,1-2H3. The second kappa shape index (κ2) is 10.5. The quantitative estimate of drug-likeness (QED) is 0.356. The molecule has 0 spiro atoms. The van der Waals surface area contributed by atoms with Crippen LogP contribution in [0.3, 0.4) is 0 Å². The first kappa shape index (κ1) is 19.8. The van der Waals surface area contributed by atoms with Gasteiger partial charge in [-0.25, -0.2) is 0 Å². The smallest absolute Gasteiger partial charge is 0.306 e. The lowest BCUT2D eigenvalue weighted by atomic mass is 10.1. The maximum atomic E-state index is 11.5. The van der Waals surface area contributed by atoms with E-state index >= 15 is 0 Å². The molecule has 7 heteroatoms. The van der Waals surface area contributed by atoms with Crippen molar-refractivity contribution in [2.24, 2.45) is 0 Å². The highest BCUT2D eigenvalue weighted by atomic mass is 35.6. The number of esters is 2. The number of hydrogen-bond acceptors (Lipinski definition) is 4. The Morgan fingerprint density at radius 3 is 2.25 bits per heavy atom. The summed E-state index contributed by atoms with van der Waals surface area (Å²) < 4.78 is 8.23. The summed E-state index contributed by atoms with van der Waals surface area (Å²) in [4.78, 5) is 22.8. The normalized spacial score (nSPS) is 12.8. The Morgan fingerprint density at radius 1 is 1.10 bits per heavy atom. The van der Waals surface area contributed by atoms with Crippen LogP contribution in [0.15, 0.2) is 0 Å². The number of alkyl halides is 3. The van der Waals surface area contributed by atoms with E-state index in [9.17, 15) is 9.59 Å². The van der Waals surface area contributed by atoms with Gasteiger partial charge in [-0.05, 0) is 19.8 Å². The molecule has 0 fully saturated rings. The predicted molar refractivity (Wildman–Crippen MR) is 80.2 cm³/mol. The van der Waals surface area contributed by atoms with Crippen molar-refractivity contribution in [1.82, 2.24) is 0 Å². The zero-order valence-corrected chi connectivity index (χ0v) is 14.1. The maximum absolute atomic E-state index is 11.5.